The van der Waals surface area contributed by atoms with Crippen LogP contribution >= 0.6 is 0 Å². The van der Waals surface area contributed by atoms with E-state index in [1.807, 2.05) is 51.8 Å². The van der Waals surface area contributed by atoms with Crippen molar-refractivity contribution in [3.63, 3.8) is 0 Å². The van der Waals surface area contributed by atoms with Crippen LogP contribution in [0.25, 0.3) is 11.0 Å². The van der Waals surface area contributed by atoms with E-state index < -0.39 is 5.60 Å². The van der Waals surface area contributed by atoms with E-state index in [4.69, 9.17) is 14.7 Å². The Kier molecular flexibility index (Phi) is 10.0. The number of aromatic nitrogens is 3. The molecule has 0 aromatic carbocycles. The monoisotopic (exact) mass is 594 g/mol. The van der Waals surface area contributed by atoms with Crippen LogP contribution in [0.2, 0.25) is 0 Å². The van der Waals surface area contributed by atoms with E-state index in [0.29, 0.717) is 18.2 Å². The van der Waals surface area contributed by atoms with Crippen LogP contribution < -0.4 is 5.32 Å². The third-order valence-corrected chi connectivity index (χ3v) is 8.32. The predicted molar refractivity (Wildman–Crippen MR) is 171 cm³/mol. The third-order valence-electron chi connectivity index (χ3n) is 8.32. The summed E-state index contributed by atoms with van der Waals surface area (Å²) in [4.78, 5) is 45.5. The van der Waals surface area contributed by atoms with Crippen molar-refractivity contribution in [2.45, 2.75) is 110 Å². The molecule has 2 aromatic rings. The number of anilines is 1. The molecule has 0 spiro atoms. The molecule has 2 amide bonds. The number of hydrogen-bond acceptors (Lipinski definition) is 8. The Morgan fingerprint density at radius 3 is 2.40 bits per heavy atom. The second-order valence-electron chi connectivity index (χ2n) is 12.8. The summed E-state index contributed by atoms with van der Waals surface area (Å²) in [5, 5.41) is 4.19. The molecule has 3 aliphatic rings. The van der Waals surface area contributed by atoms with Gasteiger partial charge in [-0.05, 0) is 59.4 Å². The molecule has 1 N–H and O–H groups in total. The van der Waals surface area contributed by atoms with Crippen molar-refractivity contribution in [3.8, 4) is 0 Å². The molecule has 0 bridgehead atoms. The van der Waals surface area contributed by atoms with Crippen LogP contribution in [0.15, 0.2) is 29.2 Å². The fourth-order valence-corrected chi connectivity index (χ4v) is 6.11. The molecular formula is C32H50N8O3. The first kappa shape index (κ1) is 32.3. The molecule has 1 aliphatic carbocycles. The Morgan fingerprint density at radius 2 is 1.79 bits per heavy atom. The number of allylic oxidation sites excluding steroid dienone is 1. The lowest BCUT2D eigenvalue weighted by molar-refractivity contribution is 0.0231. The first-order chi connectivity index (χ1) is 20.4. The molecule has 1 saturated carbocycles. The van der Waals surface area contributed by atoms with E-state index in [9.17, 15) is 9.59 Å². The summed E-state index contributed by atoms with van der Waals surface area (Å²) < 4.78 is 7.74. The highest BCUT2D eigenvalue weighted by Gasteiger charge is 2.37. The second-order valence-corrected chi connectivity index (χ2v) is 12.8. The lowest BCUT2D eigenvalue weighted by Gasteiger charge is -2.31. The van der Waals surface area contributed by atoms with Gasteiger partial charge in [-0.3, -0.25) is 4.79 Å². The number of fused-ring (bicyclic) bond motifs is 1. The van der Waals surface area contributed by atoms with Gasteiger partial charge in [-0.25, -0.2) is 14.8 Å². The van der Waals surface area contributed by atoms with E-state index in [0.717, 1.165) is 67.5 Å². The largest absolute Gasteiger partial charge is 0.444 e. The number of carbonyl (C=O) groups excluding carboxylic acids is 2. The first-order valence-corrected chi connectivity index (χ1v) is 15.8. The summed E-state index contributed by atoms with van der Waals surface area (Å²) >= 11 is 0. The van der Waals surface area contributed by atoms with Crippen LogP contribution in [-0.2, 0) is 4.74 Å². The Balaban J connectivity index is 0.00000207. The molecule has 2 unspecified atom stereocenters. The molecule has 5 rings (SSSR count). The fourth-order valence-electron chi connectivity index (χ4n) is 6.11. The Hall–Kier alpha value is -3.63. The standard InChI is InChI=1S/C30H44N8O3.C2H6/c1-19-14-23(18-37(19)29(40)41-30(2,3)4)36(7)22-12-13-25(31-17-22)33-28-32-16-20-15-24(27(39)35(5)6)38(26(20)34-28)21-10-8-9-11-21;1-2/h15-17,19,21,23H,8-14,18H2,1-7H3,(H,31,32,33,34);1-2H3. The van der Waals surface area contributed by atoms with Crippen molar-refractivity contribution in [2.24, 2.45) is 4.99 Å². The number of ether oxygens (including phenoxy) is 1. The Bertz CT molecular complexity index is 1370. The summed E-state index contributed by atoms with van der Waals surface area (Å²) in [6, 6.07) is 2.51. The molecule has 2 aliphatic heterocycles. The van der Waals surface area contributed by atoms with Crippen LogP contribution in [0.3, 0.4) is 0 Å². The van der Waals surface area contributed by atoms with E-state index in [2.05, 4.69) is 33.7 Å². The minimum atomic E-state index is -0.509. The lowest BCUT2D eigenvalue weighted by Crippen LogP contribution is -2.40. The summed E-state index contributed by atoms with van der Waals surface area (Å²) in [6.45, 7) is 12.4. The van der Waals surface area contributed by atoms with Gasteiger partial charge in [0.2, 0.25) is 5.95 Å². The van der Waals surface area contributed by atoms with Crippen LogP contribution in [0, 0.1) is 0 Å². The number of aliphatic imine (C=N–C) groups is 1. The van der Waals surface area contributed by atoms with Gasteiger partial charge in [-0.2, -0.15) is 4.98 Å². The molecular weight excluding hydrogens is 544 g/mol. The fraction of sp³-hybridized carbons (Fsp3) is 0.656. The molecule has 1 saturated heterocycles. The van der Waals surface area contributed by atoms with Crippen molar-refractivity contribution in [2.75, 3.05) is 33.0 Å². The number of likely N-dealkylation sites (tertiary alicyclic amines) is 1. The average molecular weight is 595 g/mol. The van der Waals surface area contributed by atoms with Crippen LogP contribution in [0.1, 0.15) is 103 Å². The summed E-state index contributed by atoms with van der Waals surface area (Å²) in [7, 11) is 5.64. The van der Waals surface area contributed by atoms with Gasteiger partial charge >= 0.3 is 6.09 Å². The summed E-state index contributed by atoms with van der Waals surface area (Å²) in [6.07, 6.45) is 10.3. The number of hydrogen-bond donors (Lipinski definition) is 1. The quantitative estimate of drug-likeness (QED) is 0.449. The van der Waals surface area contributed by atoms with Crippen molar-refractivity contribution in [1.82, 2.24) is 29.2 Å². The highest BCUT2D eigenvalue weighted by atomic mass is 16.6. The topological polar surface area (TPSA) is 108 Å². The number of amidine groups is 1. The molecule has 4 heterocycles. The summed E-state index contributed by atoms with van der Waals surface area (Å²) in [5.74, 6) is 1.27. The SMILES string of the molecule is CC.CC1CC(N(C)C2=CN=C(Nc3ncc4cc(C(=O)N(C)C)n(C5CCCC5)c4n3)CC2)CN1C(=O)OC(C)(C)C. The molecule has 236 valence electrons. The van der Waals surface area contributed by atoms with Gasteiger partial charge in [-0.15, -0.1) is 0 Å². The predicted octanol–water partition coefficient (Wildman–Crippen LogP) is 6.05. The van der Waals surface area contributed by atoms with E-state index in [1.54, 1.807) is 25.2 Å². The van der Waals surface area contributed by atoms with Crippen molar-refractivity contribution < 1.29 is 14.3 Å². The average Bonchev–Trinajstić information content (AvgIpc) is 3.71. The van der Waals surface area contributed by atoms with Crippen molar-refractivity contribution in [1.29, 1.82) is 0 Å². The Morgan fingerprint density at radius 1 is 1.09 bits per heavy atom. The molecule has 11 nitrogen and oxygen atoms in total. The minimum Gasteiger partial charge on any atom is -0.444 e. The second kappa shape index (κ2) is 13.3. The maximum Gasteiger partial charge on any atom is 0.410 e. The maximum atomic E-state index is 13.0. The molecule has 11 heteroatoms. The zero-order valence-electron chi connectivity index (χ0n) is 27.5. The van der Waals surface area contributed by atoms with Gasteiger partial charge in [0.05, 0.1) is 0 Å². The van der Waals surface area contributed by atoms with E-state index >= 15 is 0 Å². The number of carbonyl (C=O) groups is 2. The lowest BCUT2D eigenvalue weighted by atomic mass is 10.1. The number of likely N-dealkylation sites (N-methyl/N-ethyl adjacent to an activating group) is 1. The van der Waals surface area contributed by atoms with Gasteiger partial charge < -0.3 is 29.3 Å². The van der Waals surface area contributed by atoms with Crippen LogP contribution in [0.4, 0.5) is 10.7 Å². The molecule has 2 atom stereocenters. The number of rotatable bonds is 5. The van der Waals surface area contributed by atoms with Gasteiger partial charge in [0.25, 0.3) is 5.91 Å². The van der Waals surface area contributed by atoms with Gasteiger partial charge in [0, 0.05) is 75.7 Å². The third kappa shape index (κ3) is 7.30. The van der Waals surface area contributed by atoms with Crippen molar-refractivity contribution >= 4 is 34.8 Å². The van der Waals surface area contributed by atoms with E-state index in [1.165, 1.54) is 0 Å². The van der Waals surface area contributed by atoms with Crippen LogP contribution in [-0.4, -0.2) is 92.4 Å². The zero-order valence-corrected chi connectivity index (χ0v) is 27.5. The number of nitrogens with one attached hydrogen (secondary N) is 1. The van der Waals surface area contributed by atoms with E-state index in [-0.39, 0.29) is 30.1 Å². The number of amides is 2. The molecule has 43 heavy (non-hydrogen) atoms. The zero-order chi connectivity index (χ0) is 31.5. The highest BCUT2D eigenvalue weighted by molar-refractivity contribution is 5.99. The Labute approximate surface area is 256 Å². The van der Waals surface area contributed by atoms with Gasteiger partial charge in [-0.1, -0.05) is 26.7 Å². The minimum absolute atomic E-state index is 0.0197. The summed E-state index contributed by atoms with van der Waals surface area (Å²) in [5.41, 5.74) is 2.08. The molecule has 0 radical (unpaired) electrons. The highest BCUT2D eigenvalue weighted by Crippen LogP contribution is 2.35. The van der Waals surface area contributed by atoms with Crippen molar-refractivity contribution in [3.05, 3.63) is 29.9 Å². The van der Waals surface area contributed by atoms with Crippen LogP contribution in [0.5, 0.6) is 0 Å². The normalized spacial score (nSPS) is 20.7. The smallest absolute Gasteiger partial charge is 0.410 e. The molecule has 2 fully saturated rings. The first-order valence-electron chi connectivity index (χ1n) is 15.8. The number of nitrogens with zero attached hydrogens (tertiary/aromatic N) is 7. The van der Waals surface area contributed by atoms with Gasteiger partial charge in [0.1, 0.15) is 22.8 Å². The maximum absolute atomic E-state index is 13.0. The van der Waals surface area contributed by atoms with Gasteiger partial charge in [0.15, 0.2) is 0 Å². The molecule has 2 aromatic heterocycles.